The van der Waals surface area contributed by atoms with Crippen LogP contribution in [0.4, 0.5) is 4.39 Å². The molecule has 3 aromatic carbocycles. The molecule has 0 aliphatic carbocycles. The lowest BCUT2D eigenvalue weighted by Crippen LogP contribution is -2.45. The summed E-state index contributed by atoms with van der Waals surface area (Å²) in [5.41, 5.74) is 2.27. The van der Waals surface area contributed by atoms with Crippen molar-refractivity contribution in [3.63, 3.8) is 0 Å². The fourth-order valence-corrected chi connectivity index (χ4v) is 5.97. The second-order valence-corrected chi connectivity index (χ2v) is 11.4. The lowest BCUT2D eigenvalue weighted by Gasteiger charge is -2.38. The number of hydrogen-bond acceptors (Lipinski definition) is 6. The van der Waals surface area contributed by atoms with Gasteiger partial charge in [-0.25, -0.2) is 9.18 Å². The standard InChI is InChI=1S/C31H25Cl4FN2O4/c1-17-25(31(40)42-13-12-41-24-9-5-8-19(32)29(24)34)28(26-21(36)11-10-20(33)30(26)35)27-22(37-17)15-38(16-23(27)39)14-18-6-3-2-4-7-18/h2-11,28,37H,12-16H2,1H3. The highest BCUT2D eigenvalue weighted by molar-refractivity contribution is 6.43. The number of carbonyl (C=O) groups is 2. The van der Waals surface area contributed by atoms with Crippen LogP contribution >= 0.6 is 46.4 Å². The molecule has 2 aliphatic rings. The highest BCUT2D eigenvalue weighted by Crippen LogP contribution is 2.45. The number of halogens is 5. The maximum absolute atomic E-state index is 15.5. The van der Waals surface area contributed by atoms with E-state index in [1.165, 1.54) is 12.1 Å². The van der Waals surface area contributed by atoms with E-state index in [1.54, 1.807) is 25.1 Å². The van der Waals surface area contributed by atoms with Gasteiger partial charge in [-0.3, -0.25) is 9.69 Å². The van der Waals surface area contributed by atoms with Crippen molar-refractivity contribution in [1.82, 2.24) is 10.2 Å². The minimum atomic E-state index is -1.13. The van der Waals surface area contributed by atoms with E-state index in [1.807, 2.05) is 35.2 Å². The highest BCUT2D eigenvalue weighted by atomic mass is 35.5. The van der Waals surface area contributed by atoms with Crippen LogP contribution in [0.5, 0.6) is 5.75 Å². The van der Waals surface area contributed by atoms with Crippen LogP contribution in [0.15, 0.2) is 83.2 Å². The van der Waals surface area contributed by atoms with Gasteiger partial charge in [0.05, 0.1) is 33.1 Å². The third-order valence-corrected chi connectivity index (χ3v) is 8.64. The molecule has 0 bridgehead atoms. The number of dihydropyridines is 1. The van der Waals surface area contributed by atoms with Crippen molar-refractivity contribution in [2.24, 2.45) is 0 Å². The fourth-order valence-electron chi connectivity index (χ4n) is 5.20. The Hall–Kier alpha value is -3.07. The van der Waals surface area contributed by atoms with Crippen LogP contribution in [-0.2, 0) is 20.9 Å². The Morgan fingerprint density at radius 1 is 0.952 bits per heavy atom. The van der Waals surface area contributed by atoms with Crippen molar-refractivity contribution in [2.75, 3.05) is 26.3 Å². The zero-order chi connectivity index (χ0) is 30.0. The monoisotopic (exact) mass is 648 g/mol. The van der Waals surface area contributed by atoms with Crippen molar-refractivity contribution in [1.29, 1.82) is 0 Å². The third kappa shape index (κ3) is 6.31. The first kappa shape index (κ1) is 30.4. The highest BCUT2D eigenvalue weighted by Gasteiger charge is 2.43. The SMILES string of the molecule is CC1=C(C(=O)OCCOc2cccc(Cl)c2Cl)C(c2c(F)ccc(Cl)c2Cl)C2=C(CN(Cc3ccccc3)CC2=O)N1. The van der Waals surface area contributed by atoms with E-state index in [0.717, 1.165) is 5.56 Å². The molecule has 218 valence electrons. The maximum atomic E-state index is 15.5. The van der Waals surface area contributed by atoms with Gasteiger partial charge >= 0.3 is 5.97 Å². The van der Waals surface area contributed by atoms with Gasteiger partial charge in [0.25, 0.3) is 0 Å². The van der Waals surface area contributed by atoms with E-state index < -0.39 is 17.7 Å². The fraction of sp³-hybridized carbons (Fsp3) is 0.226. The molecule has 2 heterocycles. The summed E-state index contributed by atoms with van der Waals surface area (Å²) in [5, 5.41) is 3.80. The van der Waals surface area contributed by atoms with Crippen LogP contribution in [0.2, 0.25) is 20.1 Å². The van der Waals surface area contributed by atoms with Gasteiger partial charge < -0.3 is 14.8 Å². The predicted octanol–water partition coefficient (Wildman–Crippen LogP) is 7.36. The molecule has 1 unspecified atom stereocenters. The molecule has 0 saturated heterocycles. The first-order chi connectivity index (χ1) is 20.2. The molecule has 0 saturated carbocycles. The minimum absolute atomic E-state index is 0.0240. The Kier molecular flexibility index (Phi) is 9.45. The lowest BCUT2D eigenvalue weighted by molar-refractivity contribution is -0.140. The van der Waals surface area contributed by atoms with Crippen molar-refractivity contribution in [3.8, 4) is 5.75 Å². The third-order valence-electron chi connectivity index (χ3n) is 7.02. The molecule has 0 radical (unpaired) electrons. The molecule has 6 nitrogen and oxygen atoms in total. The zero-order valence-electron chi connectivity index (χ0n) is 22.4. The Morgan fingerprint density at radius 2 is 1.69 bits per heavy atom. The molecular formula is C31H25Cl4FN2O4. The number of hydrogen-bond donors (Lipinski definition) is 1. The molecule has 5 rings (SSSR count). The summed E-state index contributed by atoms with van der Waals surface area (Å²) in [7, 11) is 0. The normalized spacial score (nSPS) is 17.2. The quantitative estimate of drug-likeness (QED) is 0.156. The molecule has 2 aliphatic heterocycles. The van der Waals surface area contributed by atoms with Gasteiger partial charge in [0.1, 0.15) is 29.8 Å². The Labute approximate surface area is 262 Å². The van der Waals surface area contributed by atoms with Crippen LogP contribution in [0.1, 0.15) is 24.0 Å². The molecule has 42 heavy (non-hydrogen) atoms. The van der Waals surface area contributed by atoms with E-state index in [9.17, 15) is 9.59 Å². The van der Waals surface area contributed by atoms with Crippen LogP contribution in [0.3, 0.4) is 0 Å². The van der Waals surface area contributed by atoms with Crippen molar-refractivity contribution in [2.45, 2.75) is 19.4 Å². The van der Waals surface area contributed by atoms with Crippen molar-refractivity contribution >= 4 is 58.2 Å². The molecule has 1 N–H and O–H groups in total. The molecule has 0 aromatic heterocycles. The Morgan fingerprint density at radius 3 is 2.45 bits per heavy atom. The van der Waals surface area contributed by atoms with Crippen LogP contribution in [-0.4, -0.2) is 43.0 Å². The van der Waals surface area contributed by atoms with Gasteiger partial charge in [-0.2, -0.15) is 0 Å². The number of benzene rings is 3. The van der Waals surface area contributed by atoms with Crippen LogP contribution in [0.25, 0.3) is 0 Å². The molecule has 0 amide bonds. The van der Waals surface area contributed by atoms with E-state index in [2.05, 4.69) is 5.32 Å². The van der Waals surface area contributed by atoms with E-state index in [0.29, 0.717) is 35.3 Å². The first-order valence-electron chi connectivity index (χ1n) is 13.0. The second-order valence-electron chi connectivity index (χ2n) is 9.84. The molecule has 3 aromatic rings. The van der Waals surface area contributed by atoms with Gasteiger partial charge in [0.2, 0.25) is 0 Å². The van der Waals surface area contributed by atoms with E-state index in [4.69, 9.17) is 55.9 Å². The summed E-state index contributed by atoms with van der Waals surface area (Å²) in [6.45, 7) is 2.48. The average Bonchev–Trinajstić information content (AvgIpc) is 2.95. The smallest absolute Gasteiger partial charge is 0.336 e. The molecule has 0 spiro atoms. The Bertz CT molecular complexity index is 1610. The number of ether oxygens (including phenoxy) is 2. The van der Waals surface area contributed by atoms with Gasteiger partial charge in [0.15, 0.2) is 5.78 Å². The van der Waals surface area contributed by atoms with Crippen molar-refractivity contribution < 1.29 is 23.5 Å². The van der Waals surface area contributed by atoms with Gasteiger partial charge in [-0.15, -0.1) is 0 Å². The van der Waals surface area contributed by atoms with Crippen LogP contribution < -0.4 is 10.1 Å². The average molecular weight is 650 g/mol. The van der Waals surface area contributed by atoms with Gasteiger partial charge in [-0.05, 0) is 36.8 Å². The molecule has 1 atom stereocenters. The Balaban J connectivity index is 1.43. The van der Waals surface area contributed by atoms with E-state index in [-0.39, 0.29) is 57.3 Å². The summed E-state index contributed by atoms with van der Waals surface area (Å²) < 4.78 is 26.6. The number of nitrogens with one attached hydrogen (secondary N) is 1. The summed E-state index contributed by atoms with van der Waals surface area (Å²) in [5.74, 6) is -2.51. The van der Waals surface area contributed by atoms with Gasteiger partial charge in [0, 0.05) is 35.6 Å². The van der Waals surface area contributed by atoms with Gasteiger partial charge in [-0.1, -0.05) is 82.8 Å². The number of nitrogens with zero attached hydrogens (tertiary/aromatic N) is 1. The lowest BCUT2D eigenvalue weighted by atomic mass is 9.77. The maximum Gasteiger partial charge on any atom is 0.336 e. The number of ketones is 1. The topological polar surface area (TPSA) is 67.9 Å². The summed E-state index contributed by atoms with van der Waals surface area (Å²) in [6, 6.07) is 17.2. The summed E-state index contributed by atoms with van der Waals surface area (Å²) >= 11 is 25.0. The molecule has 0 fully saturated rings. The van der Waals surface area contributed by atoms with Crippen molar-refractivity contribution in [3.05, 3.63) is 120 Å². The van der Waals surface area contributed by atoms with Crippen LogP contribution in [0, 0.1) is 5.82 Å². The molecular weight excluding hydrogens is 625 g/mol. The number of rotatable bonds is 8. The number of allylic oxidation sites excluding steroid dienone is 1. The van der Waals surface area contributed by atoms with E-state index >= 15 is 4.39 Å². The minimum Gasteiger partial charge on any atom is -0.488 e. The summed E-state index contributed by atoms with van der Waals surface area (Å²) in [6.07, 6.45) is 0. The number of Topliss-reactive ketones (excluding diaryl/α,β-unsaturated/α-hetero) is 1. The number of carbonyl (C=O) groups excluding carboxylic acids is 2. The summed E-state index contributed by atoms with van der Waals surface area (Å²) in [4.78, 5) is 29.2. The first-order valence-corrected chi connectivity index (χ1v) is 14.5. The number of esters is 1. The zero-order valence-corrected chi connectivity index (χ0v) is 25.4. The predicted molar refractivity (Wildman–Crippen MR) is 162 cm³/mol. The molecule has 11 heteroatoms. The largest absolute Gasteiger partial charge is 0.488 e. The second kappa shape index (κ2) is 13.1.